The highest BCUT2D eigenvalue weighted by Crippen LogP contribution is 2.37. The fourth-order valence-corrected chi connectivity index (χ4v) is 5.96. The van der Waals surface area contributed by atoms with Gasteiger partial charge in [0.2, 0.25) is 0 Å². The Balaban J connectivity index is 1.29. The lowest BCUT2D eigenvalue weighted by molar-refractivity contribution is 0.0686. The molecule has 2 aliphatic rings. The van der Waals surface area contributed by atoms with E-state index in [9.17, 15) is 39.0 Å². The van der Waals surface area contributed by atoms with Gasteiger partial charge < -0.3 is 10.2 Å². The van der Waals surface area contributed by atoms with Crippen LogP contribution in [0.1, 0.15) is 73.3 Å². The molecule has 0 atom stereocenters. The minimum absolute atomic E-state index is 0.0258. The average Bonchev–Trinajstić information content (AvgIpc) is 3.43. The first-order valence-corrected chi connectivity index (χ1v) is 13.8. The summed E-state index contributed by atoms with van der Waals surface area (Å²) in [6.45, 7) is 0. The fraction of sp³-hybridized carbons (Fsp3) is 0. The van der Waals surface area contributed by atoms with Gasteiger partial charge in [-0.05, 0) is 72.8 Å². The predicted octanol–water partition coefficient (Wildman–Crippen LogP) is 4.80. The van der Waals surface area contributed by atoms with E-state index in [1.165, 1.54) is 72.4 Å². The molecule has 0 fully saturated rings. The van der Waals surface area contributed by atoms with Crippen LogP contribution in [-0.4, -0.2) is 45.8 Å². The third kappa shape index (κ3) is 4.79. The molecular formula is C34H16N2O8S. The number of terminal acetylenes is 2. The zero-order valence-corrected chi connectivity index (χ0v) is 23.5. The minimum atomic E-state index is -1.27. The molecule has 2 aliphatic heterocycles. The SMILES string of the molecule is C#Cc1cc(C(=O)O)cc(N2C(=O)c3ccc(Sc4ccc5c(c4)C(=O)N(c4cc(C#C)cc(C(=O)O)c4)C5=O)cc3C2=O)c1. The number of carbonyl (C=O) groups excluding carboxylic acids is 4. The van der Waals surface area contributed by atoms with Crippen molar-refractivity contribution in [1.29, 1.82) is 0 Å². The number of rotatable bonds is 6. The summed E-state index contributed by atoms with van der Waals surface area (Å²) in [6, 6.07) is 16.9. The molecular weight excluding hydrogens is 596 g/mol. The van der Waals surface area contributed by atoms with Crippen LogP contribution in [0.25, 0.3) is 0 Å². The largest absolute Gasteiger partial charge is 0.478 e. The van der Waals surface area contributed by atoms with Crippen LogP contribution in [0, 0.1) is 24.7 Å². The van der Waals surface area contributed by atoms with Crippen LogP contribution in [0.3, 0.4) is 0 Å². The number of amides is 4. The number of hydrogen-bond acceptors (Lipinski definition) is 7. The number of nitrogens with zero attached hydrogens (tertiary/aromatic N) is 2. The van der Waals surface area contributed by atoms with Crippen LogP contribution in [-0.2, 0) is 0 Å². The number of carboxylic acid groups (broad SMARTS) is 2. The molecule has 4 amide bonds. The van der Waals surface area contributed by atoms with Crippen molar-refractivity contribution in [2.24, 2.45) is 0 Å². The van der Waals surface area contributed by atoms with Crippen molar-refractivity contribution in [2.45, 2.75) is 9.79 Å². The van der Waals surface area contributed by atoms with Gasteiger partial charge in [-0.3, -0.25) is 19.2 Å². The van der Waals surface area contributed by atoms with E-state index in [1.54, 1.807) is 12.1 Å². The molecule has 0 saturated carbocycles. The highest BCUT2D eigenvalue weighted by atomic mass is 32.2. The van der Waals surface area contributed by atoms with E-state index < -0.39 is 35.6 Å². The lowest BCUT2D eigenvalue weighted by Gasteiger charge is -2.15. The maximum Gasteiger partial charge on any atom is 0.335 e. The summed E-state index contributed by atoms with van der Waals surface area (Å²) < 4.78 is 0. The summed E-state index contributed by atoms with van der Waals surface area (Å²) in [5, 5.41) is 18.9. The van der Waals surface area contributed by atoms with Crippen molar-refractivity contribution in [3.05, 3.63) is 117 Å². The quantitative estimate of drug-likeness (QED) is 0.231. The van der Waals surface area contributed by atoms with E-state index in [1.807, 2.05) is 0 Å². The van der Waals surface area contributed by atoms with E-state index in [4.69, 9.17) is 12.8 Å². The number of hydrogen-bond donors (Lipinski definition) is 2. The van der Waals surface area contributed by atoms with Crippen molar-refractivity contribution >= 4 is 58.7 Å². The third-order valence-electron chi connectivity index (χ3n) is 7.13. The second kappa shape index (κ2) is 10.7. The first kappa shape index (κ1) is 28.7. The molecule has 2 N–H and O–H groups in total. The van der Waals surface area contributed by atoms with Crippen LogP contribution in [0.15, 0.2) is 82.6 Å². The Bertz CT molecular complexity index is 2020. The van der Waals surface area contributed by atoms with Crippen LogP contribution >= 0.6 is 11.8 Å². The van der Waals surface area contributed by atoms with Crippen molar-refractivity contribution in [3.8, 4) is 24.7 Å². The van der Waals surface area contributed by atoms with Gasteiger partial charge in [0.25, 0.3) is 23.6 Å². The predicted molar refractivity (Wildman–Crippen MR) is 162 cm³/mol. The topological polar surface area (TPSA) is 149 Å². The van der Waals surface area contributed by atoms with Crippen LogP contribution < -0.4 is 9.80 Å². The summed E-state index contributed by atoms with van der Waals surface area (Å²) in [7, 11) is 0. The van der Waals surface area contributed by atoms with Gasteiger partial charge in [0.05, 0.1) is 44.8 Å². The number of aromatic carboxylic acids is 2. The zero-order chi connectivity index (χ0) is 32.2. The molecule has 216 valence electrons. The molecule has 0 saturated heterocycles. The molecule has 4 aromatic rings. The number of fused-ring (bicyclic) bond motifs is 2. The standard InChI is InChI=1S/C34H16N2O8S/c1-3-17-9-19(33(41)42)13-21(11-17)35-29(37)25-7-5-23(15-27(25)31(35)39)45-24-6-8-26-28(16-24)32(40)36(30(26)38)22-12-18(4-2)10-20(14-22)34(43)44/h1-2,5-16H,(H,41,42)(H,43,44). The molecule has 0 spiro atoms. The summed E-state index contributed by atoms with van der Waals surface area (Å²) >= 11 is 1.17. The van der Waals surface area contributed by atoms with Gasteiger partial charge in [0, 0.05) is 20.9 Å². The lowest BCUT2D eigenvalue weighted by Crippen LogP contribution is -2.29. The monoisotopic (exact) mass is 612 g/mol. The van der Waals surface area contributed by atoms with Gasteiger partial charge in [0.15, 0.2) is 0 Å². The highest BCUT2D eigenvalue weighted by molar-refractivity contribution is 7.99. The average molecular weight is 613 g/mol. The van der Waals surface area contributed by atoms with E-state index in [0.29, 0.717) is 9.79 Å². The van der Waals surface area contributed by atoms with E-state index in [2.05, 4.69) is 11.8 Å². The van der Waals surface area contributed by atoms with Crippen LogP contribution in [0.4, 0.5) is 11.4 Å². The van der Waals surface area contributed by atoms with Gasteiger partial charge in [-0.1, -0.05) is 23.6 Å². The Kier molecular flexibility index (Phi) is 6.81. The smallest absolute Gasteiger partial charge is 0.335 e. The molecule has 6 rings (SSSR count). The first-order chi connectivity index (χ1) is 21.5. The van der Waals surface area contributed by atoms with Crippen molar-refractivity contribution in [1.82, 2.24) is 0 Å². The highest BCUT2D eigenvalue weighted by Gasteiger charge is 2.39. The van der Waals surface area contributed by atoms with Crippen molar-refractivity contribution in [3.63, 3.8) is 0 Å². The Hall–Kier alpha value is -6.43. The molecule has 0 unspecified atom stereocenters. The molecule has 2 heterocycles. The minimum Gasteiger partial charge on any atom is -0.478 e. The summed E-state index contributed by atoms with van der Waals surface area (Å²) in [5.74, 6) is -0.498. The molecule has 0 aliphatic carbocycles. The molecule has 4 aromatic carbocycles. The van der Waals surface area contributed by atoms with Gasteiger partial charge in [-0.15, -0.1) is 12.8 Å². The Labute approximate surface area is 258 Å². The Morgan fingerprint density at radius 3 is 1.29 bits per heavy atom. The summed E-state index contributed by atoms with van der Waals surface area (Å²) in [6.07, 6.45) is 10.9. The molecule has 0 bridgehead atoms. The molecule has 10 nitrogen and oxygen atoms in total. The maximum atomic E-state index is 13.4. The molecule has 0 aromatic heterocycles. The molecule has 11 heteroatoms. The number of anilines is 2. The second-order valence-electron chi connectivity index (χ2n) is 9.84. The van der Waals surface area contributed by atoms with Crippen LogP contribution in [0.2, 0.25) is 0 Å². The van der Waals surface area contributed by atoms with E-state index in [0.717, 1.165) is 9.80 Å². The van der Waals surface area contributed by atoms with Crippen LogP contribution in [0.5, 0.6) is 0 Å². The van der Waals surface area contributed by atoms with Gasteiger partial charge in [0.1, 0.15) is 0 Å². The summed E-state index contributed by atoms with van der Waals surface area (Å²) in [4.78, 5) is 79.1. The lowest BCUT2D eigenvalue weighted by atomic mass is 10.1. The number of imide groups is 2. The molecule has 45 heavy (non-hydrogen) atoms. The van der Waals surface area contributed by atoms with Gasteiger partial charge in [-0.25, -0.2) is 19.4 Å². The molecule has 0 radical (unpaired) electrons. The van der Waals surface area contributed by atoms with Gasteiger partial charge >= 0.3 is 11.9 Å². The van der Waals surface area contributed by atoms with Crippen molar-refractivity contribution < 1.29 is 39.0 Å². The van der Waals surface area contributed by atoms with E-state index in [-0.39, 0.29) is 55.9 Å². The van der Waals surface area contributed by atoms with Crippen molar-refractivity contribution in [2.75, 3.05) is 9.80 Å². The zero-order valence-electron chi connectivity index (χ0n) is 22.7. The van der Waals surface area contributed by atoms with Gasteiger partial charge in [-0.2, -0.15) is 0 Å². The number of carbonyl (C=O) groups is 6. The fourth-order valence-electron chi connectivity index (χ4n) is 5.07. The number of benzene rings is 4. The summed E-state index contributed by atoms with van der Waals surface area (Å²) in [5.41, 5.74) is 0.489. The normalized spacial score (nSPS) is 13.4. The second-order valence-corrected chi connectivity index (χ2v) is 11.0. The third-order valence-corrected chi connectivity index (χ3v) is 8.11. The Morgan fingerprint density at radius 2 is 0.933 bits per heavy atom. The maximum absolute atomic E-state index is 13.4. The van der Waals surface area contributed by atoms with E-state index >= 15 is 0 Å². The first-order valence-electron chi connectivity index (χ1n) is 12.9. The number of carboxylic acids is 2. The Morgan fingerprint density at radius 1 is 0.556 bits per heavy atom.